The van der Waals surface area contributed by atoms with Crippen molar-refractivity contribution >= 4 is 23.9 Å². The van der Waals surface area contributed by atoms with Crippen molar-refractivity contribution in [2.75, 3.05) is 20.2 Å². The third-order valence-corrected chi connectivity index (χ3v) is 4.46. The highest BCUT2D eigenvalue weighted by Crippen LogP contribution is 2.26. The monoisotopic (exact) mass is 459 g/mol. The number of carbonyl (C=O) groups excluding carboxylic acids is 4. The third-order valence-electron chi connectivity index (χ3n) is 4.46. The quantitative estimate of drug-likeness (QED) is 0.432. The lowest BCUT2D eigenvalue weighted by Crippen LogP contribution is -2.52. The van der Waals surface area contributed by atoms with E-state index < -0.39 is 41.6 Å². The predicted molar refractivity (Wildman–Crippen MR) is 123 cm³/mol. The molecular weight excluding hydrogens is 426 g/mol. The minimum absolute atomic E-state index is 0.203. The van der Waals surface area contributed by atoms with E-state index in [9.17, 15) is 19.2 Å². The second-order valence-electron chi connectivity index (χ2n) is 8.33. The van der Waals surface area contributed by atoms with Crippen molar-refractivity contribution in [3.05, 3.63) is 35.4 Å². The Bertz CT molecular complexity index is 900. The minimum atomic E-state index is -1.13. The van der Waals surface area contributed by atoms with Crippen molar-refractivity contribution < 1.29 is 28.7 Å². The van der Waals surface area contributed by atoms with Gasteiger partial charge >= 0.3 is 12.1 Å². The van der Waals surface area contributed by atoms with Crippen LogP contribution in [0, 0.1) is 12.3 Å². The van der Waals surface area contributed by atoms with Gasteiger partial charge in [-0.15, -0.1) is 6.42 Å². The van der Waals surface area contributed by atoms with Crippen LogP contribution in [-0.2, 0) is 23.9 Å². The van der Waals surface area contributed by atoms with Gasteiger partial charge < -0.3 is 25.0 Å². The zero-order valence-electron chi connectivity index (χ0n) is 20.1. The summed E-state index contributed by atoms with van der Waals surface area (Å²) < 4.78 is 9.81. The fourth-order valence-corrected chi connectivity index (χ4v) is 3.05. The zero-order valence-corrected chi connectivity index (χ0v) is 20.1. The van der Waals surface area contributed by atoms with Gasteiger partial charge in [-0.05, 0) is 45.7 Å². The maximum atomic E-state index is 13.4. The predicted octanol–water partition coefficient (Wildman–Crippen LogP) is 2.15. The van der Waals surface area contributed by atoms with E-state index >= 15 is 0 Å². The molecule has 0 heterocycles. The highest BCUT2D eigenvalue weighted by atomic mass is 16.6. The molecule has 1 aromatic rings. The molecule has 0 aliphatic carbocycles. The number of rotatable bonds is 9. The van der Waals surface area contributed by atoms with Crippen LogP contribution in [0.5, 0.6) is 0 Å². The molecule has 0 aliphatic heterocycles. The van der Waals surface area contributed by atoms with Crippen LogP contribution >= 0.6 is 0 Å². The first-order chi connectivity index (χ1) is 15.4. The molecule has 2 atom stereocenters. The molecule has 9 nitrogen and oxygen atoms in total. The Balaban J connectivity index is 3.32. The van der Waals surface area contributed by atoms with E-state index in [2.05, 4.69) is 21.3 Å². The zero-order chi connectivity index (χ0) is 25.2. The number of benzene rings is 1. The number of carbonyl (C=O) groups is 4. The number of hydrogen-bond acceptors (Lipinski definition) is 6. The van der Waals surface area contributed by atoms with Crippen molar-refractivity contribution in [1.29, 1.82) is 0 Å². The van der Waals surface area contributed by atoms with Crippen LogP contribution in [0.3, 0.4) is 0 Å². The van der Waals surface area contributed by atoms with Gasteiger partial charge in [-0.1, -0.05) is 31.0 Å². The molecule has 0 spiro atoms. The Labute approximate surface area is 195 Å². The normalized spacial score (nSPS) is 12.5. The fourth-order valence-electron chi connectivity index (χ4n) is 3.05. The summed E-state index contributed by atoms with van der Waals surface area (Å²) in [7, 11) is 1.20. The molecule has 180 valence electrons. The summed E-state index contributed by atoms with van der Waals surface area (Å²) in [6.45, 7) is 8.31. The SMILES string of the molecule is C#Cc1ccccc1C(C(=O)NCC(=O)OC)N(CCC)C(=O)C(C)NC(=O)OC(C)(C)C. The van der Waals surface area contributed by atoms with Gasteiger partial charge in [0.05, 0.1) is 7.11 Å². The van der Waals surface area contributed by atoms with Crippen LogP contribution < -0.4 is 10.6 Å². The molecule has 9 heteroatoms. The van der Waals surface area contributed by atoms with E-state index in [4.69, 9.17) is 11.2 Å². The highest BCUT2D eigenvalue weighted by Gasteiger charge is 2.35. The number of ether oxygens (including phenoxy) is 2. The number of esters is 1. The van der Waals surface area contributed by atoms with Crippen LogP contribution in [0.25, 0.3) is 0 Å². The number of alkyl carbamates (subject to hydrolysis) is 1. The molecule has 33 heavy (non-hydrogen) atoms. The molecule has 0 bridgehead atoms. The van der Waals surface area contributed by atoms with Gasteiger partial charge in [0, 0.05) is 12.1 Å². The molecule has 1 rings (SSSR count). The number of terminal acetylenes is 1. The van der Waals surface area contributed by atoms with Crippen LogP contribution in [0.1, 0.15) is 58.2 Å². The molecule has 0 saturated carbocycles. The summed E-state index contributed by atoms with van der Waals surface area (Å²) in [5, 5.41) is 5.01. The van der Waals surface area contributed by atoms with Crippen molar-refractivity contribution in [3.8, 4) is 12.3 Å². The third kappa shape index (κ3) is 8.48. The molecule has 0 saturated heterocycles. The van der Waals surface area contributed by atoms with Gasteiger partial charge in [-0.25, -0.2) is 4.79 Å². The number of hydrogen-bond donors (Lipinski definition) is 2. The van der Waals surface area contributed by atoms with E-state index in [1.54, 1.807) is 45.0 Å². The molecule has 0 aliphatic rings. The minimum Gasteiger partial charge on any atom is -0.468 e. The van der Waals surface area contributed by atoms with Crippen molar-refractivity contribution in [2.24, 2.45) is 0 Å². The fraction of sp³-hybridized carbons (Fsp3) is 0.500. The van der Waals surface area contributed by atoms with Crippen molar-refractivity contribution in [3.63, 3.8) is 0 Å². The Morgan fingerprint density at radius 1 is 1.18 bits per heavy atom. The van der Waals surface area contributed by atoms with E-state index in [1.807, 2.05) is 6.92 Å². The molecule has 0 aromatic heterocycles. The largest absolute Gasteiger partial charge is 0.468 e. The van der Waals surface area contributed by atoms with Crippen molar-refractivity contribution in [2.45, 2.75) is 58.7 Å². The lowest BCUT2D eigenvalue weighted by Gasteiger charge is -2.33. The van der Waals surface area contributed by atoms with Crippen LogP contribution in [0.15, 0.2) is 24.3 Å². The van der Waals surface area contributed by atoms with E-state index in [0.717, 1.165) is 0 Å². The van der Waals surface area contributed by atoms with E-state index in [-0.39, 0.29) is 13.1 Å². The number of amides is 3. The summed E-state index contributed by atoms with van der Waals surface area (Å²) in [5.74, 6) is 0.783. The first-order valence-electron chi connectivity index (χ1n) is 10.6. The van der Waals surface area contributed by atoms with Gasteiger partial charge in [0.2, 0.25) is 11.8 Å². The average molecular weight is 460 g/mol. The van der Waals surface area contributed by atoms with Crippen LogP contribution in [0.4, 0.5) is 4.79 Å². The summed E-state index contributed by atoms with van der Waals surface area (Å²) in [6, 6.07) is 4.62. The maximum Gasteiger partial charge on any atom is 0.408 e. The maximum absolute atomic E-state index is 13.4. The van der Waals surface area contributed by atoms with Gasteiger partial charge in [-0.3, -0.25) is 14.4 Å². The lowest BCUT2D eigenvalue weighted by molar-refractivity contribution is -0.144. The number of nitrogens with one attached hydrogen (secondary N) is 2. The molecule has 2 N–H and O–H groups in total. The topological polar surface area (TPSA) is 114 Å². The van der Waals surface area contributed by atoms with Crippen LogP contribution in [-0.4, -0.2) is 60.6 Å². The Morgan fingerprint density at radius 2 is 1.82 bits per heavy atom. The van der Waals surface area contributed by atoms with Gasteiger partial charge in [0.1, 0.15) is 24.2 Å². The van der Waals surface area contributed by atoms with Crippen molar-refractivity contribution in [1.82, 2.24) is 15.5 Å². The molecule has 0 radical (unpaired) electrons. The number of nitrogens with zero attached hydrogens (tertiary/aromatic N) is 1. The Kier molecular flexibility index (Phi) is 10.4. The second kappa shape index (κ2) is 12.5. The van der Waals surface area contributed by atoms with Gasteiger partial charge in [-0.2, -0.15) is 0 Å². The van der Waals surface area contributed by atoms with Gasteiger partial charge in [0.15, 0.2) is 0 Å². The summed E-state index contributed by atoms with van der Waals surface area (Å²) in [5.41, 5.74) is 0.115. The number of methoxy groups -OCH3 is 1. The molecule has 3 amide bonds. The molecule has 1 aromatic carbocycles. The smallest absolute Gasteiger partial charge is 0.408 e. The molecular formula is C24H33N3O6. The summed E-state index contributed by atoms with van der Waals surface area (Å²) in [4.78, 5) is 51.6. The van der Waals surface area contributed by atoms with E-state index in [1.165, 1.54) is 18.9 Å². The standard InChI is InChI=1S/C24H33N3O6/c1-8-14-27(22(30)16(3)26-23(31)33-24(4,5)6)20(21(29)25-15-19(28)32-7)18-13-11-10-12-17(18)9-2/h2,10-13,16,20H,8,14-15H2,1,3-7H3,(H,25,29)(H,26,31). The van der Waals surface area contributed by atoms with Crippen LogP contribution in [0.2, 0.25) is 0 Å². The second-order valence-corrected chi connectivity index (χ2v) is 8.33. The molecule has 0 fully saturated rings. The lowest BCUT2D eigenvalue weighted by atomic mass is 9.97. The Morgan fingerprint density at radius 3 is 2.36 bits per heavy atom. The Hall–Kier alpha value is -3.54. The highest BCUT2D eigenvalue weighted by molar-refractivity contribution is 5.93. The average Bonchev–Trinajstić information content (AvgIpc) is 2.75. The molecule has 2 unspecified atom stereocenters. The summed E-state index contributed by atoms with van der Waals surface area (Å²) in [6.07, 6.45) is 5.41. The van der Waals surface area contributed by atoms with E-state index in [0.29, 0.717) is 17.5 Å². The van der Waals surface area contributed by atoms with Gasteiger partial charge in [0.25, 0.3) is 0 Å². The summed E-state index contributed by atoms with van der Waals surface area (Å²) >= 11 is 0. The first kappa shape index (κ1) is 27.5. The first-order valence-corrected chi connectivity index (χ1v) is 10.6.